The molecule has 3 rings (SSSR count). The molecule has 28 heavy (non-hydrogen) atoms. The summed E-state index contributed by atoms with van der Waals surface area (Å²) in [6.07, 6.45) is 0. The molecule has 9 heteroatoms. The van der Waals surface area contributed by atoms with Crippen LogP contribution in [0.15, 0.2) is 46.2 Å². The van der Waals surface area contributed by atoms with Gasteiger partial charge in [-0.15, -0.1) is 11.3 Å². The molecule has 0 saturated heterocycles. The lowest BCUT2D eigenvalue weighted by Crippen LogP contribution is -2.30. The summed E-state index contributed by atoms with van der Waals surface area (Å²) in [5, 5.41) is 4.51. The number of hydrogen-bond acceptors (Lipinski definition) is 7. The number of nitrogens with one attached hydrogen (secondary N) is 1. The minimum atomic E-state index is -3.68. The number of amides is 1. The van der Waals surface area contributed by atoms with Crippen molar-refractivity contribution in [1.82, 2.24) is 10.3 Å². The smallest absolute Gasteiger partial charge is 0.235 e. The van der Waals surface area contributed by atoms with Crippen LogP contribution in [0.4, 0.5) is 0 Å². The second-order valence-corrected chi connectivity index (χ2v) is 9.24. The van der Waals surface area contributed by atoms with Crippen LogP contribution in [0.3, 0.4) is 0 Å². The Morgan fingerprint density at radius 1 is 1.29 bits per heavy atom. The van der Waals surface area contributed by atoms with Gasteiger partial charge in [-0.1, -0.05) is 12.1 Å². The molecular formula is C19H20N2O5S2. The topological polar surface area (TPSA) is 98.5 Å². The van der Waals surface area contributed by atoms with Crippen molar-refractivity contribution < 1.29 is 22.4 Å². The van der Waals surface area contributed by atoms with Gasteiger partial charge in [0.15, 0.2) is 9.84 Å². The minimum absolute atomic E-state index is 0.295. The zero-order chi connectivity index (χ0) is 20.1. The summed E-state index contributed by atoms with van der Waals surface area (Å²) in [4.78, 5) is 17.2. The van der Waals surface area contributed by atoms with Gasteiger partial charge < -0.3 is 14.5 Å². The molecule has 0 aliphatic rings. The van der Waals surface area contributed by atoms with Gasteiger partial charge in [-0.25, -0.2) is 13.4 Å². The first kappa shape index (κ1) is 20.1. The highest BCUT2D eigenvalue weighted by Gasteiger charge is 2.22. The van der Waals surface area contributed by atoms with Crippen LogP contribution in [0.1, 0.15) is 16.3 Å². The van der Waals surface area contributed by atoms with Crippen molar-refractivity contribution in [3.8, 4) is 17.2 Å². The number of sulfone groups is 1. The van der Waals surface area contributed by atoms with Crippen molar-refractivity contribution in [2.24, 2.45) is 0 Å². The van der Waals surface area contributed by atoms with Crippen molar-refractivity contribution >= 4 is 27.1 Å². The van der Waals surface area contributed by atoms with E-state index in [9.17, 15) is 13.2 Å². The Balaban J connectivity index is 1.66. The second-order valence-electron chi connectivity index (χ2n) is 6.14. The van der Waals surface area contributed by atoms with E-state index in [1.807, 2.05) is 17.5 Å². The van der Waals surface area contributed by atoms with Crippen LogP contribution in [-0.4, -0.2) is 32.2 Å². The van der Waals surface area contributed by atoms with Crippen LogP contribution in [0.25, 0.3) is 11.5 Å². The van der Waals surface area contributed by atoms with E-state index < -0.39 is 21.5 Å². The molecule has 0 aliphatic heterocycles. The number of nitrogens with zero attached hydrogens (tertiary/aromatic N) is 1. The Kier molecular flexibility index (Phi) is 6.15. The highest BCUT2D eigenvalue weighted by Crippen LogP contribution is 2.26. The molecular weight excluding hydrogens is 400 g/mol. The molecule has 0 fully saturated rings. The van der Waals surface area contributed by atoms with Crippen LogP contribution in [-0.2, 0) is 26.9 Å². The van der Waals surface area contributed by atoms with Gasteiger partial charge in [0, 0.05) is 10.4 Å². The Morgan fingerprint density at radius 2 is 2.11 bits per heavy atom. The van der Waals surface area contributed by atoms with E-state index in [2.05, 4.69) is 10.3 Å². The van der Waals surface area contributed by atoms with Crippen LogP contribution < -0.4 is 10.1 Å². The van der Waals surface area contributed by atoms with Crippen LogP contribution in [0.2, 0.25) is 0 Å². The van der Waals surface area contributed by atoms with Crippen molar-refractivity contribution in [2.75, 3.05) is 12.9 Å². The quantitative estimate of drug-likeness (QED) is 0.602. The zero-order valence-corrected chi connectivity index (χ0v) is 17.1. The molecule has 0 radical (unpaired) electrons. The van der Waals surface area contributed by atoms with E-state index in [0.29, 0.717) is 35.2 Å². The SMILES string of the molecule is COc1cccc(-c2nc(CS(=O)(=O)CC(=O)NCc3cccs3)c(C)o2)c1. The van der Waals surface area contributed by atoms with Crippen LogP contribution in [0.5, 0.6) is 5.75 Å². The predicted octanol–water partition coefficient (Wildman–Crippen LogP) is 2.95. The van der Waals surface area contributed by atoms with Gasteiger partial charge in [-0.05, 0) is 36.6 Å². The average Bonchev–Trinajstić information content (AvgIpc) is 3.29. The molecule has 7 nitrogen and oxygen atoms in total. The van der Waals surface area contributed by atoms with Crippen LogP contribution in [0, 0.1) is 6.92 Å². The van der Waals surface area contributed by atoms with Gasteiger partial charge in [-0.2, -0.15) is 0 Å². The summed E-state index contributed by atoms with van der Waals surface area (Å²) in [6, 6.07) is 10.9. The first-order valence-electron chi connectivity index (χ1n) is 8.46. The summed E-state index contributed by atoms with van der Waals surface area (Å²) in [5.41, 5.74) is 0.976. The van der Waals surface area contributed by atoms with Gasteiger partial charge in [0.1, 0.15) is 17.3 Å². The van der Waals surface area contributed by atoms with Crippen molar-refractivity contribution in [2.45, 2.75) is 19.2 Å². The number of aromatic nitrogens is 1. The van der Waals surface area contributed by atoms with Gasteiger partial charge in [-0.3, -0.25) is 4.79 Å². The number of carbonyl (C=O) groups excluding carboxylic acids is 1. The number of benzene rings is 1. The van der Waals surface area contributed by atoms with Gasteiger partial charge in [0.05, 0.1) is 25.1 Å². The molecule has 0 bridgehead atoms. The molecule has 2 aromatic heterocycles. The van der Waals surface area contributed by atoms with E-state index in [1.165, 1.54) is 11.3 Å². The lowest BCUT2D eigenvalue weighted by molar-refractivity contribution is -0.118. The lowest BCUT2D eigenvalue weighted by atomic mass is 10.2. The number of aryl methyl sites for hydroxylation is 1. The molecule has 1 aromatic carbocycles. The lowest BCUT2D eigenvalue weighted by Gasteiger charge is -2.04. The summed E-state index contributed by atoms with van der Waals surface area (Å²) in [7, 11) is -2.13. The van der Waals surface area contributed by atoms with E-state index in [0.717, 1.165) is 4.88 Å². The van der Waals surface area contributed by atoms with Crippen molar-refractivity contribution in [3.05, 3.63) is 58.1 Å². The Hall–Kier alpha value is -2.65. The Morgan fingerprint density at radius 3 is 2.82 bits per heavy atom. The van der Waals surface area contributed by atoms with Crippen LogP contribution >= 0.6 is 11.3 Å². The summed E-state index contributed by atoms with van der Waals surface area (Å²) in [6.45, 7) is 1.97. The molecule has 148 valence electrons. The standard InChI is InChI=1S/C19H20N2O5S2/c1-13-17(21-19(26-13)14-5-3-6-15(9-14)25-2)11-28(23,24)12-18(22)20-10-16-7-4-8-27-16/h3-9H,10-12H2,1-2H3,(H,20,22). The number of ether oxygens (including phenoxy) is 1. The monoisotopic (exact) mass is 420 g/mol. The fourth-order valence-corrected chi connectivity index (χ4v) is 4.48. The maximum atomic E-state index is 12.4. The van der Waals surface area contributed by atoms with Crippen molar-refractivity contribution in [1.29, 1.82) is 0 Å². The largest absolute Gasteiger partial charge is 0.497 e. The number of hydrogen-bond donors (Lipinski definition) is 1. The molecule has 0 atom stereocenters. The normalized spacial score (nSPS) is 11.4. The third kappa shape index (κ3) is 5.20. The molecule has 0 unspecified atom stereocenters. The summed E-state index contributed by atoms with van der Waals surface area (Å²) < 4.78 is 35.6. The molecule has 0 saturated carbocycles. The number of methoxy groups -OCH3 is 1. The average molecular weight is 421 g/mol. The molecule has 0 aliphatic carbocycles. The summed E-state index contributed by atoms with van der Waals surface area (Å²) >= 11 is 1.50. The molecule has 1 N–H and O–H groups in total. The number of carbonyl (C=O) groups is 1. The van der Waals surface area contributed by atoms with Gasteiger partial charge in [0.2, 0.25) is 11.8 Å². The van der Waals surface area contributed by atoms with E-state index in [4.69, 9.17) is 9.15 Å². The number of rotatable bonds is 8. The number of thiophene rings is 1. The van der Waals surface area contributed by atoms with E-state index >= 15 is 0 Å². The van der Waals surface area contributed by atoms with Gasteiger partial charge in [0.25, 0.3) is 0 Å². The van der Waals surface area contributed by atoms with E-state index in [1.54, 1.807) is 38.3 Å². The molecule has 0 spiro atoms. The maximum Gasteiger partial charge on any atom is 0.235 e. The fraction of sp³-hybridized carbons (Fsp3) is 0.263. The molecule has 3 aromatic rings. The Labute approximate surface area is 167 Å². The van der Waals surface area contributed by atoms with Gasteiger partial charge >= 0.3 is 0 Å². The van der Waals surface area contributed by atoms with E-state index in [-0.39, 0.29) is 5.75 Å². The summed E-state index contributed by atoms with van der Waals surface area (Å²) in [5.74, 6) is -0.144. The maximum absolute atomic E-state index is 12.4. The first-order chi connectivity index (χ1) is 13.4. The molecule has 2 heterocycles. The first-order valence-corrected chi connectivity index (χ1v) is 11.2. The fourth-order valence-electron chi connectivity index (χ4n) is 2.55. The zero-order valence-electron chi connectivity index (χ0n) is 15.5. The third-order valence-corrected chi connectivity index (χ3v) is 6.25. The second kappa shape index (κ2) is 8.57. The minimum Gasteiger partial charge on any atom is -0.497 e. The highest BCUT2D eigenvalue weighted by molar-refractivity contribution is 7.91. The van der Waals surface area contributed by atoms with Crippen molar-refractivity contribution in [3.63, 3.8) is 0 Å². The molecule has 1 amide bonds. The Bertz CT molecular complexity index is 1060. The third-order valence-electron chi connectivity index (χ3n) is 3.96. The highest BCUT2D eigenvalue weighted by atomic mass is 32.2. The number of oxazole rings is 1. The predicted molar refractivity (Wildman–Crippen MR) is 107 cm³/mol.